The van der Waals surface area contributed by atoms with E-state index in [0.717, 1.165) is 31.3 Å². The van der Waals surface area contributed by atoms with Crippen LogP contribution in [-0.2, 0) is 9.59 Å². The maximum atomic E-state index is 12.7. The van der Waals surface area contributed by atoms with Gasteiger partial charge in [0, 0.05) is 16.7 Å². The Morgan fingerprint density at radius 3 is 2.50 bits per heavy atom. The van der Waals surface area contributed by atoms with Crippen LogP contribution in [-0.4, -0.2) is 11.6 Å². The lowest BCUT2D eigenvalue weighted by molar-refractivity contribution is -0.131. The molecule has 3 heteroatoms. The van der Waals surface area contributed by atoms with E-state index in [1.807, 2.05) is 26.0 Å². The van der Waals surface area contributed by atoms with Crippen LogP contribution in [0.15, 0.2) is 23.3 Å². The fourth-order valence-corrected chi connectivity index (χ4v) is 5.77. The van der Waals surface area contributed by atoms with E-state index >= 15 is 0 Å². The molecular formula is C21H27NO2. The number of nitrogens with zero attached hydrogens (tertiary/aromatic N) is 1. The highest BCUT2D eigenvalue weighted by atomic mass is 16.1. The summed E-state index contributed by atoms with van der Waals surface area (Å²) in [6, 6.07) is 2.11. The number of ketones is 2. The standard InChI is InChI=1S/C21H27NO2/c1-6-13-10-20(4)8-7-16-19(2,3)18(24)14(12-22)11-21(16,5)17(20)9-15(13)23/h9,11,13,16H,6-8,10H2,1-5H3/t13-,16+,20+,21+/m1/s1. The molecule has 1 saturated carbocycles. The van der Waals surface area contributed by atoms with Gasteiger partial charge in [0.05, 0.1) is 5.57 Å². The molecule has 24 heavy (non-hydrogen) atoms. The highest BCUT2D eigenvalue weighted by molar-refractivity contribution is 6.04. The van der Waals surface area contributed by atoms with Crippen LogP contribution in [0, 0.1) is 39.4 Å². The number of carbonyl (C=O) groups is 2. The molecule has 128 valence electrons. The molecule has 0 heterocycles. The number of carbonyl (C=O) groups excluding carboxylic acids is 2. The van der Waals surface area contributed by atoms with Crippen LogP contribution in [0.1, 0.15) is 60.3 Å². The molecule has 0 amide bonds. The summed E-state index contributed by atoms with van der Waals surface area (Å²) in [6.07, 6.45) is 7.47. The Morgan fingerprint density at radius 1 is 1.25 bits per heavy atom. The van der Waals surface area contributed by atoms with Gasteiger partial charge in [0.25, 0.3) is 0 Å². The first-order chi connectivity index (χ1) is 11.1. The van der Waals surface area contributed by atoms with E-state index < -0.39 is 5.41 Å². The lowest BCUT2D eigenvalue weighted by Gasteiger charge is -2.58. The molecule has 0 spiro atoms. The third-order valence-corrected chi connectivity index (χ3v) is 7.08. The molecule has 3 aliphatic rings. The molecule has 0 aliphatic heterocycles. The molecule has 3 rings (SSSR count). The van der Waals surface area contributed by atoms with Gasteiger partial charge in [-0.15, -0.1) is 0 Å². The monoisotopic (exact) mass is 325 g/mol. The van der Waals surface area contributed by atoms with Crippen molar-refractivity contribution in [3.63, 3.8) is 0 Å². The Labute approximate surface area is 144 Å². The smallest absolute Gasteiger partial charge is 0.178 e. The second-order valence-electron chi connectivity index (χ2n) is 8.92. The molecule has 3 aliphatic carbocycles. The second kappa shape index (κ2) is 5.15. The van der Waals surface area contributed by atoms with Crippen LogP contribution in [0.5, 0.6) is 0 Å². The van der Waals surface area contributed by atoms with Crippen molar-refractivity contribution in [2.45, 2.75) is 60.3 Å². The van der Waals surface area contributed by atoms with Crippen LogP contribution in [0.4, 0.5) is 0 Å². The normalized spacial score (nSPS) is 40.8. The first-order valence-corrected chi connectivity index (χ1v) is 9.04. The summed E-state index contributed by atoms with van der Waals surface area (Å²) in [5.74, 6) is 0.412. The summed E-state index contributed by atoms with van der Waals surface area (Å²) < 4.78 is 0. The van der Waals surface area contributed by atoms with Gasteiger partial charge in [-0.1, -0.05) is 46.3 Å². The highest BCUT2D eigenvalue weighted by Gasteiger charge is 2.59. The third-order valence-electron chi connectivity index (χ3n) is 7.08. The van der Waals surface area contributed by atoms with Crippen LogP contribution >= 0.6 is 0 Å². The van der Waals surface area contributed by atoms with Gasteiger partial charge in [0.1, 0.15) is 6.07 Å². The predicted molar refractivity (Wildman–Crippen MR) is 92.9 cm³/mol. The van der Waals surface area contributed by atoms with E-state index in [0.29, 0.717) is 0 Å². The van der Waals surface area contributed by atoms with E-state index in [1.165, 1.54) is 0 Å². The first-order valence-electron chi connectivity index (χ1n) is 9.04. The van der Waals surface area contributed by atoms with Crippen LogP contribution < -0.4 is 0 Å². The maximum Gasteiger partial charge on any atom is 0.178 e. The lowest BCUT2D eigenvalue weighted by Crippen LogP contribution is -2.54. The summed E-state index contributed by atoms with van der Waals surface area (Å²) in [7, 11) is 0. The van der Waals surface area contributed by atoms with Crippen molar-refractivity contribution in [3.05, 3.63) is 23.3 Å². The SMILES string of the molecule is CC[C@@H]1C[C@]2(C)CC[C@H]3C(C)(C)C(=O)C(C#N)=C[C@]3(C)C2=CC1=O. The molecule has 0 bridgehead atoms. The zero-order valence-corrected chi connectivity index (χ0v) is 15.4. The number of hydrogen-bond acceptors (Lipinski definition) is 3. The van der Waals surface area contributed by atoms with Crippen molar-refractivity contribution in [2.75, 3.05) is 0 Å². The van der Waals surface area contributed by atoms with Crippen molar-refractivity contribution >= 4 is 11.6 Å². The van der Waals surface area contributed by atoms with Crippen molar-refractivity contribution in [1.82, 2.24) is 0 Å². The molecule has 3 nitrogen and oxygen atoms in total. The summed E-state index contributed by atoms with van der Waals surface area (Å²) >= 11 is 0. The zero-order chi connectivity index (χ0) is 17.9. The summed E-state index contributed by atoms with van der Waals surface area (Å²) in [5.41, 5.74) is 0.446. The van der Waals surface area contributed by atoms with Crippen molar-refractivity contribution in [2.24, 2.45) is 28.1 Å². The van der Waals surface area contributed by atoms with E-state index in [-0.39, 0.29) is 39.8 Å². The van der Waals surface area contributed by atoms with Gasteiger partial charge >= 0.3 is 0 Å². The molecule has 1 fully saturated rings. The van der Waals surface area contributed by atoms with Crippen molar-refractivity contribution in [1.29, 1.82) is 5.26 Å². The number of Topliss-reactive ketones (excluding diaryl/α,β-unsaturated/α-hetero) is 1. The van der Waals surface area contributed by atoms with E-state index in [4.69, 9.17) is 0 Å². The van der Waals surface area contributed by atoms with Gasteiger partial charge in [-0.2, -0.15) is 5.26 Å². The highest BCUT2D eigenvalue weighted by Crippen LogP contribution is 2.64. The zero-order valence-electron chi connectivity index (χ0n) is 15.4. The Balaban J connectivity index is 2.22. The molecular weight excluding hydrogens is 298 g/mol. The molecule has 0 unspecified atom stereocenters. The van der Waals surface area contributed by atoms with E-state index in [1.54, 1.807) is 0 Å². The summed E-state index contributed by atoms with van der Waals surface area (Å²) in [5, 5.41) is 9.47. The predicted octanol–water partition coefficient (Wildman–Crippen LogP) is 4.39. The molecule has 0 aromatic heterocycles. The Kier molecular flexibility index (Phi) is 3.68. The fraction of sp³-hybridized carbons (Fsp3) is 0.667. The topological polar surface area (TPSA) is 57.9 Å². The van der Waals surface area contributed by atoms with Gasteiger partial charge in [-0.3, -0.25) is 9.59 Å². The molecule has 0 N–H and O–H groups in total. The third kappa shape index (κ3) is 2.08. The van der Waals surface area contributed by atoms with E-state index in [9.17, 15) is 14.9 Å². The van der Waals surface area contributed by atoms with E-state index in [2.05, 4.69) is 26.8 Å². The Bertz CT molecular complexity index is 721. The second-order valence-corrected chi connectivity index (χ2v) is 8.92. The molecule has 0 saturated heterocycles. The van der Waals surface area contributed by atoms with Crippen LogP contribution in [0.25, 0.3) is 0 Å². The van der Waals surface area contributed by atoms with Gasteiger partial charge < -0.3 is 0 Å². The maximum absolute atomic E-state index is 12.7. The van der Waals surface area contributed by atoms with Crippen molar-refractivity contribution < 1.29 is 9.59 Å². The minimum atomic E-state index is -0.568. The lowest BCUT2D eigenvalue weighted by atomic mass is 9.44. The van der Waals surface area contributed by atoms with Gasteiger partial charge in [0.15, 0.2) is 11.6 Å². The number of rotatable bonds is 1. The van der Waals surface area contributed by atoms with Crippen molar-refractivity contribution in [3.8, 4) is 6.07 Å². The quantitative estimate of drug-likeness (QED) is 0.718. The van der Waals surface area contributed by atoms with Crippen LogP contribution in [0.2, 0.25) is 0 Å². The number of allylic oxidation sites excluding steroid dienone is 4. The molecule has 0 radical (unpaired) electrons. The molecule has 4 atom stereocenters. The molecule has 0 aromatic rings. The molecule has 0 aromatic carbocycles. The number of fused-ring (bicyclic) bond motifs is 3. The number of nitriles is 1. The number of hydrogen-bond donors (Lipinski definition) is 0. The Morgan fingerprint density at radius 2 is 1.92 bits per heavy atom. The van der Waals surface area contributed by atoms with Gasteiger partial charge in [-0.05, 0) is 43.1 Å². The average molecular weight is 325 g/mol. The van der Waals surface area contributed by atoms with Crippen LogP contribution in [0.3, 0.4) is 0 Å². The fourth-order valence-electron chi connectivity index (χ4n) is 5.77. The summed E-state index contributed by atoms with van der Waals surface area (Å²) in [6.45, 7) is 10.4. The Hall–Kier alpha value is -1.69. The minimum Gasteiger partial charge on any atom is -0.295 e. The van der Waals surface area contributed by atoms with Gasteiger partial charge in [-0.25, -0.2) is 0 Å². The first kappa shape index (κ1) is 17.1. The average Bonchev–Trinajstić information content (AvgIpc) is 2.52. The minimum absolute atomic E-state index is 0.00658. The summed E-state index contributed by atoms with van der Waals surface area (Å²) in [4.78, 5) is 25.3. The van der Waals surface area contributed by atoms with Gasteiger partial charge in [0.2, 0.25) is 0 Å². The largest absolute Gasteiger partial charge is 0.295 e.